The zero-order chi connectivity index (χ0) is 9.14. The largest absolute Gasteiger partial charge is 0.318 e. The fraction of sp³-hybridized carbons (Fsp3) is 0.429. The Morgan fingerprint density at radius 1 is 1.75 bits per heavy atom. The highest BCUT2D eigenvalue weighted by molar-refractivity contribution is 7.80. The van der Waals surface area contributed by atoms with Crippen LogP contribution in [0.2, 0.25) is 0 Å². The third kappa shape index (κ3) is 1.86. The molecule has 1 rings (SSSR count). The van der Waals surface area contributed by atoms with Gasteiger partial charge in [0.2, 0.25) is 6.04 Å². The molecule has 2 atom stereocenters. The van der Waals surface area contributed by atoms with Crippen LogP contribution in [0, 0.1) is 10.1 Å². The van der Waals surface area contributed by atoms with Gasteiger partial charge < -0.3 is 5.73 Å². The van der Waals surface area contributed by atoms with Crippen molar-refractivity contribution in [3.63, 3.8) is 0 Å². The van der Waals surface area contributed by atoms with E-state index in [4.69, 9.17) is 5.73 Å². The lowest BCUT2D eigenvalue weighted by atomic mass is 10.0. The van der Waals surface area contributed by atoms with Gasteiger partial charge in [-0.25, -0.2) is 0 Å². The predicted molar refractivity (Wildman–Crippen MR) is 49.8 cm³/mol. The van der Waals surface area contributed by atoms with Crippen LogP contribution in [0.3, 0.4) is 0 Å². The molecule has 1 aliphatic carbocycles. The van der Waals surface area contributed by atoms with Gasteiger partial charge in [0.1, 0.15) is 0 Å². The topological polar surface area (TPSA) is 69.2 Å². The molecule has 0 spiro atoms. The van der Waals surface area contributed by atoms with Crippen LogP contribution in [0.4, 0.5) is 0 Å². The summed E-state index contributed by atoms with van der Waals surface area (Å²) in [6, 6.07) is -1.30. The molecule has 4 nitrogen and oxygen atoms in total. The van der Waals surface area contributed by atoms with E-state index in [-0.39, 0.29) is 4.92 Å². The van der Waals surface area contributed by atoms with Gasteiger partial charge in [-0.05, 0) is 11.6 Å². The Kier molecular flexibility index (Phi) is 2.88. The number of hydrogen-bond donors (Lipinski definition) is 2. The highest BCUT2D eigenvalue weighted by Crippen LogP contribution is 2.13. The van der Waals surface area contributed by atoms with E-state index in [1.165, 1.54) is 0 Å². The first-order chi connectivity index (χ1) is 5.65. The van der Waals surface area contributed by atoms with Crippen molar-refractivity contribution in [1.82, 2.24) is 0 Å². The minimum Gasteiger partial charge on any atom is -0.318 e. The van der Waals surface area contributed by atoms with Crippen molar-refractivity contribution in [2.24, 2.45) is 5.73 Å². The third-order valence-corrected chi connectivity index (χ3v) is 2.10. The Balaban J connectivity index is 2.81. The lowest BCUT2D eigenvalue weighted by molar-refractivity contribution is -0.510. The number of allylic oxidation sites excluding steroid dienone is 1. The molecule has 0 saturated carbocycles. The van der Waals surface area contributed by atoms with E-state index in [0.717, 1.165) is 5.57 Å². The molecule has 0 radical (unpaired) electrons. The van der Waals surface area contributed by atoms with E-state index in [9.17, 15) is 10.1 Å². The molecule has 5 heteroatoms. The summed E-state index contributed by atoms with van der Waals surface area (Å²) in [5, 5.41) is 10.4. The molecule has 1 aliphatic rings. The van der Waals surface area contributed by atoms with Crippen molar-refractivity contribution in [1.29, 1.82) is 0 Å². The molecule has 0 heterocycles. The molecule has 0 saturated heterocycles. The van der Waals surface area contributed by atoms with Crippen LogP contribution in [0.1, 0.15) is 0 Å². The van der Waals surface area contributed by atoms with Crippen molar-refractivity contribution in [2.75, 3.05) is 5.75 Å². The van der Waals surface area contributed by atoms with Crippen LogP contribution in [0.25, 0.3) is 0 Å². The van der Waals surface area contributed by atoms with E-state index in [1.807, 2.05) is 0 Å². The maximum absolute atomic E-state index is 10.4. The van der Waals surface area contributed by atoms with E-state index >= 15 is 0 Å². The maximum atomic E-state index is 10.4. The summed E-state index contributed by atoms with van der Waals surface area (Å²) < 4.78 is 0. The van der Waals surface area contributed by atoms with Crippen LogP contribution < -0.4 is 5.73 Å². The van der Waals surface area contributed by atoms with E-state index in [2.05, 4.69) is 12.6 Å². The lowest BCUT2D eigenvalue weighted by Gasteiger charge is -2.15. The van der Waals surface area contributed by atoms with Crippen LogP contribution in [-0.2, 0) is 0 Å². The number of nitro groups is 1. The molecular formula is C7H10N2O2S. The first kappa shape index (κ1) is 9.28. The Labute approximate surface area is 75.7 Å². The van der Waals surface area contributed by atoms with Crippen molar-refractivity contribution < 1.29 is 4.92 Å². The van der Waals surface area contributed by atoms with Crippen LogP contribution in [0.5, 0.6) is 0 Å². The first-order valence-electron chi connectivity index (χ1n) is 3.54. The number of rotatable bonds is 2. The Bertz CT molecular complexity index is 250. The summed E-state index contributed by atoms with van der Waals surface area (Å²) in [6.07, 6.45) is 4.97. The van der Waals surface area contributed by atoms with Gasteiger partial charge in [-0.15, -0.1) is 0 Å². The van der Waals surface area contributed by atoms with Gasteiger partial charge in [-0.1, -0.05) is 12.2 Å². The minimum atomic E-state index is -0.794. The highest BCUT2D eigenvalue weighted by Gasteiger charge is 2.26. The second-order valence-corrected chi connectivity index (χ2v) is 2.93. The Hall–Kier alpha value is -0.810. The van der Waals surface area contributed by atoms with Crippen LogP contribution in [-0.4, -0.2) is 22.8 Å². The first-order valence-corrected chi connectivity index (χ1v) is 4.17. The molecule has 2 unspecified atom stereocenters. The Morgan fingerprint density at radius 3 is 2.92 bits per heavy atom. The molecule has 0 aromatic heterocycles. The minimum absolute atomic E-state index is 0.377. The van der Waals surface area contributed by atoms with E-state index < -0.39 is 12.1 Å². The second-order valence-electron chi connectivity index (χ2n) is 2.61. The summed E-state index contributed by atoms with van der Waals surface area (Å²) in [4.78, 5) is 10.1. The fourth-order valence-corrected chi connectivity index (χ4v) is 1.25. The molecule has 0 amide bonds. The fourth-order valence-electron chi connectivity index (χ4n) is 1.04. The average Bonchev–Trinajstić information content (AvgIpc) is 2.05. The zero-order valence-corrected chi connectivity index (χ0v) is 7.28. The monoisotopic (exact) mass is 186 g/mol. The van der Waals surface area contributed by atoms with E-state index in [0.29, 0.717) is 5.75 Å². The van der Waals surface area contributed by atoms with Gasteiger partial charge in [0.05, 0.1) is 6.04 Å². The molecule has 12 heavy (non-hydrogen) atoms. The quantitative estimate of drug-likeness (QED) is 0.372. The summed E-state index contributed by atoms with van der Waals surface area (Å²) in [5.74, 6) is 0.507. The number of nitrogens with zero attached hydrogens (tertiary/aromatic N) is 1. The molecule has 0 aromatic carbocycles. The van der Waals surface area contributed by atoms with Crippen LogP contribution >= 0.6 is 12.6 Å². The second kappa shape index (κ2) is 3.73. The zero-order valence-electron chi connectivity index (χ0n) is 6.38. The lowest BCUT2D eigenvalue weighted by Crippen LogP contribution is -2.39. The SMILES string of the molecule is NC1C=CC(CS)=CC1[N+](=O)[O-]. The summed E-state index contributed by atoms with van der Waals surface area (Å²) in [7, 11) is 0. The van der Waals surface area contributed by atoms with Gasteiger partial charge in [-0.2, -0.15) is 12.6 Å². The molecule has 0 fully saturated rings. The van der Waals surface area contributed by atoms with Crippen LogP contribution in [0.15, 0.2) is 23.8 Å². The molecule has 66 valence electrons. The summed E-state index contributed by atoms with van der Waals surface area (Å²) in [6.45, 7) is 0. The normalized spacial score (nSPS) is 28.3. The standard InChI is InChI=1S/C7H10N2O2S/c8-6-2-1-5(4-12)3-7(6)9(10)11/h1-3,6-7,12H,4,8H2. The molecular weight excluding hydrogens is 176 g/mol. The van der Waals surface area contributed by atoms with Gasteiger partial charge in [0, 0.05) is 10.7 Å². The van der Waals surface area contributed by atoms with Gasteiger partial charge in [0.15, 0.2) is 0 Å². The summed E-state index contributed by atoms with van der Waals surface area (Å²) >= 11 is 4.02. The highest BCUT2D eigenvalue weighted by atomic mass is 32.1. The van der Waals surface area contributed by atoms with E-state index in [1.54, 1.807) is 18.2 Å². The maximum Gasteiger partial charge on any atom is 0.250 e. The third-order valence-electron chi connectivity index (χ3n) is 1.74. The number of thiol groups is 1. The molecule has 0 aliphatic heterocycles. The molecule has 0 aromatic rings. The molecule has 0 bridgehead atoms. The van der Waals surface area contributed by atoms with Gasteiger partial charge in [0.25, 0.3) is 0 Å². The average molecular weight is 186 g/mol. The van der Waals surface area contributed by atoms with Crippen molar-refractivity contribution in [2.45, 2.75) is 12.1 Å². The predicted octanol–water partition coefficient (Wildman–Crippen LogP) is 0.385. The van der Waals surface area contributed by atoms with Crippen molar-refractivity contribution in [3.05, 3.63) is 33.9 Å². The van der Waals surface area contributed by atoms with Crippen molar-refractivity contribution in [3.8, 4) is 0 Å². The smallest absolute Gasteiger partial charge is 0.250 e. The van der Waals surface area contributed by atoms with Gasteiger partial charge >= 0.3 is 0 Å². The number of nitrogens with two attached hydrogens (primary N) is 1. The number of hydrogen-bond acceptors (Lipinski definition) is 4. The van der Waals surface area contributed by atoms with Gasteiger partial charge in [-0.3, -0.25) is 10.1 Å². The molecule has 2 N–H and O–H groups in total. The van der Waals surface area contributed by atoms with Crippen molar-refractivity contribution >= 4 is 12.6 Å². The summed E-state index contributed by atoms with van der Waals surface area (Å²) in [5.41, 5.74) is 6.35. The Morgan fingerprint density at radius 2 is 2.42 bits per heavy atom.